The van der Waals surface area contributed by atoms with Crippen LogP contribution in [-0.4, -0.2) is 8.07 Å². The summed E-state index contributed by atoms with van der Waals surface area (Å²) in [4.78, 5) is 0. The molecule has 0 aromatic rings. The van der Waals surface area contributed by atoms with Crippen molar-refractivity contribution in [3.8, 4) is 0 Å². The Balaban J connectivity index is 5.41. The average molecular weight is 222 g/mol. The van der Waals surface area contributed by atoms with Crippen molar-refractivity contribution in [1.82, 2.24) is 0 Å². The largest absolute Gasteiger partial charge is 0.125 e. The number of hydrogen-bond donors (Lipinski definition) is 0. The van der Waals surface area contributed by atoms with Crippen molar-refractivity contribution in [2.24, 2.45) is 0 Å². The van der Waals surface area contributed by atoms with Crippen molar-refractivity contribution in [2.75, 3.05) is 0 Å². The van der Waals surface area contributed by atoms with E-state index in [-0.39, 0.29) is 0 Å². The molecular formula is C14H26Si. The van der Waals surface area contributed by atoms with Gasteiger partial charge < -0.3 is 0 Å². The van der Waals surface area contributed by atoms with E-state index >= 15 is 0 Å². The first kappa shape index (κ1) is 14.4. The van der Waals surface area contributed by atoms with Crippen LogP contribution in [0.3, 0.4) is 0 Å². The summed E-state index contributed by atoms with van der Waals surface area (Å²) < 4.78 is 0. The topological polar surface area (TPSA) is 0 Å². The fourth-order valence-corrected chi connectivity index (χ4v) is 6.13. The zero-order valence-corrected chi connectivity index (χ0v) is 12.4. The summed E-state index contributed by atoms with van der Waals surface area (Å²) in [5.41, 5.74) is 11.9. The molecule has 0 aliphatic heterocycles. The Morgan fingerprint density at radius 2 is 1.00 bits per heavy atom. The third kappa shape index (κ3) is 5.78. The predicted molar refractivity (Wildman–Crippen MR) is 74.5 cm³/mol. The first-order valence-electron chi connectivity index (χ1n) is 5.79. The maximum atomic E-state index is 2.51. The minimum Gasteiger partial charge on any atom is -0.0881 e. The fraction of sp³-hybridized carbons (Fsp3) is 0.571. The van der Waals surface area contributed by atoms with Gasteiger partial charge in [-0.05, 0) is 47.6 Å². The van der Waals surface area contributed by atoms with E-state index in [4.69, 9.17) is 0 Å². The van der Waals surface area contributed by atoms with Gasteiger partial charge in [0, 0.05) is 0 Å². The van der Waals surface area contributed by atoms with E-state index in [1.165, 1.54) is 22.8 Å². The second kappa shape index (κ2) is 6.11. The normalized spacial score (nSPS) is 10.6. The van der Waals surface area contributed by atoms with Crippen molar-refractivity contribution >= 4 is 8.07 Å². The Labute approximate surface area is 96.8 Å². The quantitative estimate of drug-likeness (QED) is 0.589. The van der Waals surface area contributed by atoms with Gasteiger partial charge in [0.25, 0.3) is 0 Å². The predicted octanol–water partition coefficient (Wildman–Crippen LogP) is 4.97. The Morgan fingerprint density at radius 1 is 0.733 bits per heavy atom. The van der Waals surface area contributed by atoms with Crippen LogP contribution in [0.15, 0.2) is 33.8 Å². The Kier molecular flexibility index (Phi) is 5.88. The molecule has 0 aromatic carbocycles. The lowest BCUT2D eigenvalue weighted by atomic mass is 10.4. The van der Waals surface area contributed by atoms with Crippen LogP contribution in [-0.2, 0) is 0 Å². The zero-order valence-electron chi connectivity index (χ0n) is 11.4. The highest BCUT2D eigenvalue weighted by molar-refractivity contribution is 6.93. The molecule has 0 aliphatic rings. The Hall–Kier alpha value is -0.563. The third-order valence-electron chi connectivity index (χ3n) is 2.28. The number of hydrogen-bond acceptors (Lipinski definition) is 0. The molecule has 0 aliphatic carbocycles. The van der Waals surface area contributed by atoms with Crippen LogP contribution in [0.2, 0.25) is 6.04 Å². The third-order valence-corrected chi connectivity index (χ3v) is 6.85. The van der Waals surface area contributed by atoms with Crippen LogP contribution in [0.4, 0.5) is 0 Å². The van der Waals surface area contributed by atoms with Crippen molar-refractivity contribution in [1.29, 1.82) is 0 Å². The van der Waals surface area contributed by atoms with E-state index in [9.17, 15) is 0 Å². The monoisotopic (exact) mass is 222 g/mol. The Morgan fingerprint density at radius 3 is 1.13 bits per heavy atom. The highest BCUT2D eigenvalue weighted by Gasteiger charge is 2.22. The lowest BCUT2D eigenvalue weighted by Crippen LogP contribution is -2.28. The summed E-state index contributed by atoms with van der Waals surface area (Å²) in [6, 6.07) is 1.26. The van der Waals surface area contributed by atoms with Gasteiger partial charge in [-0.25, -0.2) is 0 Å². The van der Waals surface area contributed by atoms with Crippen LogP contribution < -0.4 is 0 Å². The lowest BCUT2D eigenvalue weighted by molar-refractivity contribution is 1.32. The van der Waals surface area contributed by atoms with Crippen LogP contribution >= 0.6 is 0 Å². The molecule has 0 amide bonds. The summed E-state index contributed by atoms with van der Waals surface area (Å²) >= 11 is 0. The van der Waals surface area contributed by atoms with E-state index < -0.39 is 8.07 Å². The van der Waals surface area contributed by atoms with Gasteiger partial charge in [0.1, 0.15) is 8.07 Å². The maximum Gasteiger partial charge on any atom is 0.125 e. The molecule has 0 saturated heterocycles. The van der Waals surface area contributed by atoms with Crippen molar-refractivity contribution in [3.63, 3.8) is 0 Å². The summed E-state index contributed by atoms with van der Waals surface area (Å²) in [5, 5.41) is 0. The summed E-state index contributed by atoms with van der Waals surface area (Å²) in [6.07, 6.45) is 0. The molecule has 0 atom stereocenters. The molecule has 0 nitrogen and oxygen atoms in total. The molecule has 0 bridgehead atoms. The Bertz CT molecular complexity index is 235. The second-order valence-corrected chi connectivity index (χ2v) is 8.93. The molecule has 0 saturated carbocycles. The smallest absolute Gasteiger partial charge is 0.0881 e. The van der Waals surface area contributed by atoms with Crippen LogP contribution in [0.1, 0.15) is 48.5 Å². The molecule has 0 fully saturated rings. The first-order chi connectivity index (χ1) is 6.81. The minimum atomic E-state index is -1.44. The van der Waals surface area contributed by atoms with Crippen LogP contribution in [0, 0.1) is 0 Å². The summed E-state index contributed by atoms with van der Waals surface area (Å²) in [5.74, 6) is 0. The van der Waals surface area contributed by atoms with Gasteiger partial charge >= 0.3 is 0 Å². The summed E-state index contributed by atoms with van der Waals surface area (Å²) in [7, 11) is -1.44. The van der Waals surface area contributed by atoms with E-state index in [1.54, 1.807) is 0 Å². The van der Waals surface area contributed by atoms with Gasteiger partial charge in [0.05, 0.1) is 0 Å². The highest BCUT2D eigenvalue weighted by atomic mass is 28.3. The molecule has 15 heavy (non-hydrogen) atoms. The maximum absolute atomic E-state index is 2.51. The van der Waals surface area contributed by atoms with E-state index in [2.05, 4.69) is 65.6 Å². The molecule has 0 heterocycles. The lowest BCUT2D eigenvalue weighted by Gasteiger charge is -2.21. The first-order valence-corrected chi connectivity index (χ1v) is 8.23. The average Bonchev–Trinajstić information content (AvgIpc) is 1.99. The van der Waals surface area contributed by atoms with Gasteiger partial charge in [0.2, 0.25) is 0 Å². The molecule has 1 heteroatoms. The van der Waals surface area contributed by atoms with Crippen molar-refractivity contribution < 1.29 is 0 Å². The number of rotatable bonds is 4. The van der Waals surface area contributed by atoms with Gasteiger partial charge in [-0.1, -0.05) is 40.7 Å². The number of allylic oxidation sites excluding steroid dienone is 3. The van der Waals surface area contributed by atoms with Gasteiger partial charge in [-0.2, -0.15) is 0 Å². The van der Waals surface area contributed by atoms with Crippen molar-refractivity contribution in [2.45, 2.75) is 54.5 Å². The second-order valence-electron chi connectivity index (χ2n) is 5.13. The molecule has 0 unspecified atom stereocenters. The molecule has 86 valence electrons. The fourth-order valence-electron chi connectivity index (χ4n) is 2.04. The molecular weight excluding hydrogens is 196 g/mol. The van der Waals surface area contributed by atoms with Crippen LogP contribution in [0.5, 0.6) is 0 Å². The van der Waals surface area contributed by atoms with Gasteiger partial charge in [-0.15, -0.1) is 0 Å². The SMILES string of the molecule is CC[Si](C=C(C)C)(C=C(C)C)C=C(C)C. The van der Waals surface area contributed by atoms with Crippen LogP contribution in [0.25, 0.3) is 0 Å². The van der Waals surface area contributed by atoms with Gasteiger partial charge in [-0.3, -0.25) is 0 Å². The molecule has 0 spiro atoms. The molecule has 0 radical (unpaired) electrons. The molecule has 0 rings (SSSR count). The van der Waals surface area contributed by atoms with E-state index in [0.29, 0.717) is 0 Å². The molecule has 0 aromatic heterocycles. The van der Waals surface area contributed by atoms with Gasteiger partial charge in [0.15, 0.2) is 0 Å². The van der Waals surface area contributed by atoms with Crippen molar-refractivity contribution in [3.05, 3.63) is 33.8 Å². The minimum absolute atomic E-state index is 1.26. The standard InChI is InChI=1S/C14H26Si/c1-8-15(9-12(2)3,10-13(4)5)11-14(6)7/h9-11H,8H2,1-7H3. The molecule has 0 N–H and O–H groups in total. The van der Waals surface area contributed by atoms with E-state index in [1.807, 2.05) is 0 Å². The highest BCUT2D eigenvalue weighted by Crippen LogP contribution is 2.20. The summed E-state index contributed by atoms with van der Waals surface area (Å²) in [6.45, 7) is 15.5. The van der Waals surface area contributed by atoms with E-state index in [0.717, 1.165) is 0 Å². The zero-order chi connectivity index (χ0) is 12.1.